The van der Waals surface area contributed by atoms with Gasteiger partial charge in [0.05, 0.1) is 16.6 Å². The third-order valence-corrected chi connectivity index (χ3v) is 6.69. The number of benzene rings is 1. The van der Waals surface area contributed by atoms with Crippen LogP contribution in [-0.4, -0.2) is 41.5 Å². The van der Waals surface area contributed by atoms with Crippen LogP contribution in [-0.2, 0) is 0 Å². The zero-order valence-electron chi connectivity index (χ0n) is 14.1. The third kappa shape index (κ3) is 2.48. The molecule has 1 saturated heterocycles. The number of piperidine rings is 1. The molecule has 4 heterocycles. The second-order valence-corrected chi connectivity index (χ2v) is 8.51. The highest BCUT2D eigenvalue weighted by Crippen LogP contribution is 2.50. The highest BCUT2D eigenvalue weighted by atomic mass is 35.5. The minimum absolute atomic E-state index is 0.211. The van der Waals surface area contributed by atoms with Crippen molar-refractivity contribution in [3.8, 4) is 5.75 Å². The smallest absolute Gasteiger partial charge is 0.200 e. The largest absolute Gasteiger partial charge is 0.466 e. The van der Waals surface area contributed by atoms with Crippen LogP contribution in [0, 0.1) is 0 Å². The van der Waals surface area contributed by atoms with Crippen LogP contribution in [0.2, 0.25) is 5.02 Å². The van der Waals surface area contributed by atoms with Crippen LogP contribution in [0.15, 0.2) is 40.8 Å². The molecule has 25 heavy (non-hydrogen) atoms. The van der Waals surface area contributed by atoms with Crippen LogP contribution in [0.3, 0.4) is 0 Å². The molecular formula is C19H20ClN3OS. The number of ether oxygens (including phenoxy) is 1. The summed E-state index contributed by atoms with van der Waals surface area (Å²) in [4.78, 5) is 3.61. The van der Waals surface area contributed by atoms with Gasteiger partial charge in [-0.05, 0) is 36.7 Å². The number of halogens is 1. The Morgan fingerprint density at radius 1 is 1.28 bits per heavy atom. The van der Waals surface area contributed by atoms with Gasteiger partial charge in [-0.2, -0.15) is 5.10 Å². The Kier molecular flexibility index (Phi) is 3.59. The SMILES string of the molecule is CN1CCC2(CC1)Oc1ccc(Cl)cc1[C@H]1CC(c3cccs3)=NN12. The fourth-order valence-corrected chi connectivity index (χ4v) is 5.04. The van der Waals surface area contributed by atoms with Gasteiger partial charge in [0.25, 0.3) is 0 Å². The maximum atomic E-state index is 6.58. The predicted octanol–water partition coefficient (Wildman–Crippen LogP) is 4.37. The number of hydrazone groups is 1. The molecule has 4 nitrogen and oxygen atoms in total. The first-order valence-corrected chi connectivity index (χ1v) is 9.98. The highest BCUT2D eigenvalue weighted by molar-refractivity contribution is 7.12. The van der Waals surface area contributed by atoms with Crippen LogP contribution in [0.1, 0.15) is 35.7 Å². The molecule has 6 heteroatoms. The van der Waals surface area contributed by atoms with Crippen molar-refractivity contribution >= 4 is 28.6 Å². The van der Waals surface area contributed by atoms with E-state index in [0.29, 0.717) is 0 Å². The first kappa shape index (κ1) is 15.7. The van der Waals surface area contributed by atoms with Crippen molar-refractivity contribution in [2.24, 2.45) is 5.10 Å². The van der Waals surface area contributed by atoms with Crippen LogP contribution in [0.25, 0.3) is 0 Å². The summed E-state index contributed by atoms with van der Waals surface area (Å²) in [5, 5.41) is 10.2. The lowest BCUT2D eigenvalue weighted by molar-refractivity contribution is -0.147. The van der Waals surface area contributed by atoms with Crippen molar-refractivity contribution in [1.82, 2.24) is 9.91 Å². The summed E-state index contributed by atoms with van der Waals surface area (Å²) in [6.45, 7) is 2.05. The molecule has 2 aromatic rings. The summed E-state index contributed by atoms with van der Waals surface area (Å²) in [6.07, 6.45) is 2.83. The molecule has 0 aliphatic carbocycles. The number of likely N-dealkylation sites (tertiary alicyclic amines) is 1. The van der Waals surface area contributed by atoms with E-state index in [1.54, 1.807) is 11.3 Å². The van der Waals surface area contributed by atoms with Crippen molar-refractivity contribution in [2.75, 3.05) is 20.1 Å². The Morgan fingerprint density at radius 2 is 2.12 bits per heavy atom. The summed E-state index contributed by atoms with van der Waals surface area (Å²) in [7, 11) is 2.17. The van der Waals surface area contributed by atoms with Gasteiger partial charge in [0.2, 0.25) is 5.72 Å². The molecule has 1 atom stereocenters. The summed E-state index contributed by atoms with van der Waals surface area (Å²) < 4.78 is 6.58. The average molecular weight is 374 g/mol. The maximum absolute atomic E-state index is 6.58. The maximum Gasteiger partial charge on any atom is 0.200 e. The van der Waals surface area contributed by atoms with Crippen LogP contribution in [0.4, 0.5) is 0 Å². The average Bonchev–Trinajstić information content (AvgIpc) is 3.28. The van der Waals surface area contributed by atoms with Gasteiger partial charge in [-0.1, -0.05) is 17.7 Å². The number of hydrogen-bond acceptors (Lipinski definition) is 5. The van der Waals surface area contributed by atoms with Gasteiger partial charge in [-0.3, -0.25) is 0 Å². The fourth-order valence-electron chi connectivity index (χ4n) is 4.14. The molecule has 0 amide bonds. The van der Waals surface area contributed by atoms with E-state index in [9.17, 15) is 0 Å². The summed E-state index contributed by atoms with van der Waals surface area (Å²) >= 11 is 8.04. The third-order valence-electron chi connectivity index (χ3n) is 5.53. The molecule has 3 aliphatic rings. The van der Waals surface area contributed by atoms with Crippen molar-refractivity contribution < 1.29 is 4.74 Å². The number of thiophene rings is 1. The van der Waals surface area contributed by atoms with Crippen molar-refractivity contribution in [3.63, 3.8) is 0 Å². The molecule has 5 rings (SSSR count). The molecule has 0 saturated carbocycles. The van der Waals surface area contributed by atoms with E-state index in [1.807, 2.05) is 18.2 Å². The van der Waals surface area contributed by atoms with Crippen molar-refractivity contribution in [1.29, 1.82) is 0 Å². The van der Waals surface area contributed by atoms with Gasteiger partial charge in [0, 0.05) is 42.9 Å². The summed E-state index contributed by atoms with van der Waals surface area (Å²) in [5.74, 6) is 0.970. The van der Waals surface area contributed by atoms with Gasteiger partial charge >= 0.3 is 0 Å². The highest BCUT2D eigenvalue weighted by Gasteiger charge is 2.51. The second kappa shape index (κ2) is 5.73. The molecule has 130 valence electrons. The Bertz CT molecular complexity index is 827. The summed E-state index contributed by atoms with van der Waals surface area (Å²) in [6, 6.07) is 10.5. The van der Waals surface area contributed by atoms with Gasteiger partial charge in [-0.15, -0.1) is 11.3 Å². The molecular weight excluding hydrogens is 354 g/mol. The molecule has 3 aliphatic heterocycles. The van der Waals surface area contributed by atoms with Crippen molar-refractivity contribution in [3.05, 3.63) is 51.2 Å². The molecule has 0 unspecified atom stereocenters. The Morgan fingerprint density at radius 3 is 2.88 bits per heavy atom. The van der Waals surface area contributed by atoms with E-state index in [0.717, 1.165) is 54.4 Å². The number of hydrogen-bond donors (Lipinski definition) is 0. The minimum Gasteiger partial charge on any atom is -0.466 e. The Balaban J connectivity index is 1.60. The number of rotatable bonds is 1. The second-order valence-electron chi connectivity index (χ2n) is 7.12. The van der Waals surface area contributed by atoms with Crippen LogP contribution in [0.5, 0.6) is 5.75 Å². The monoisotopic (exact) mass is 373 g/mol. The first-order chi connectivity index (χ1) is 12.1. The lowest BCUT2D eigenvalue weighted by Gasteiger charge is -2.50. The lowest BCUT2D eigenvalue weighted by atomic mass is 9.91. The minimum atomic E-state index is -0.336. The molecule has 1 spiro atoms. The van der Waals surface area contributed by atoms with E-state index < -0.39 is 0 Å². The van der Waals surface area contributed by atoms with E-state index in [1.165, 1.54) is 4.88 Å². The van der Waals surface area contributed by atoms with Crippen LogP contribution >= 0.6 is 22.9 Å². The van der Waals surface area contributed by atoms with Gasteiger partial charge in [-0.25, -0.2) is 5.01 Å². The summed E-state index contributed by atoms with van der Waals surface area (Å²) in [5.41, 5.74) is 1.99. The standard InChI is InChI=1S/C19H20ClN3OS/c1-22-8-6-19(7-9-22)23-16(12-15(21-23)18-3-2-10-25-18)14-11-13(20)4-5-17(14)24-19/h2-5,10-11,16H,6-9,12H2,1H3/t16-/m1/s1. The number of nitrogens with zero attached hydrogens (tertiary/aromatic N) is 3. The zero-order chi connectivity index (χ0) is 17.0. The first-order valence-electron chi connectivity index (χ1n) is 8.72. The molecule has 0 radical (unpaired) electrons. The normalized spacial score (nSPS) is 24.6. The van der Waals surface area contributed by atoms with Crippen LogP contribution < -0.4 is 4.74 Å². The van der Waals surface area contributed by atoms with E-state index >= 15 is 0 Å². The predicted molar refractivity (Wildman–Crippen MR) is 102 cm³/mol. The molecule has 0 bridgehead atoms. The van der Waals surface area contributed by atoms with E-state index in [4.69, 9.17) is 21.4 Å². The topological polar surface area (TPSA) is 28.1 Å². The van der Waals surface area contributed by atoms with E-state index in [2.05, 4.69) is 34.5 Å². The zero-order valence-corrected chi connectivity index (χ0v) is 15.7. The lowest BCUT2D eigenvalue weighted by Crippen LogP contribution is -2.58. The molecule has 1 aromatic heterocycles. The molecule has 0 N–H and O–H groups in total. The van der Waals surface area contributed by atoms with Crippen molar-refractivity contribution in [2.45, 2.75) is 31.0 Å². The quantitative estimate of drug-likeness (QED) is 0.743. The Labute approximate surface area is 156 Å². The Hall–Kier alpha value is -1.56. The fraction of sp³-hybridized carbons (Fsp3) is 0.421. The molecule has 1 aromatic carbocycles. The van der Waals surface area contributed by atoms with Gasteiger partial charge < -0.3 is 9.64 Å². The molecule has 1 fully saturated rings. The van der Waals surface area contributed by atoms with Gasteiger partial charge in [0.1, 0.15) is 5.75 Å². The van der Waals surface area contributed by atoms with E-state index in [-0.39, 0.29) is 11.8 Å². The number of fused-ring (bicyclic) bond motifs is 4. The van der Waals surface area contributed by atoms with Gasteiger partial charge in [0.15, 0.2) is 0 Å².